The fourth-order valence-corrected chi connectivity index (χ4v) is 3.69. The van der Waals surface area contributed by atoms with Gasteiger partial charge in [0, 0.05) is 6.26 Å². The zero-order valence-electron chi connectivity index (χ0n) is 14.6. The Kier molecular flexibility index (Phi) is 5.05. The molecule has 25 heavy (non-hydrogen) atoms. The molecule has 0 saturated heterocycles. The number of hydrogen-bond donors (Lipinski definition) is 0. The molecule has 3 heteroatoms. The quantitative estimate of drug-likeness (QED) is 0.659. The van der Waals surface area contributed by atoms with Crippen molar-refractivity contribution in [2.24, 2.45) is 0 Å². The summed E-state index contributed by atoms with van der Waals surface area (Å²) in [5.74, 6) is 0. The minimum Gasteiger partial charge on any atom is -0.224 e. The Morgan fingerprint density at radius 3 is 1.96 bits per heavy atom. The van der Waals surface area contributed by atoms with Crippen molar-refractivity contribution in [2.45, 2.75) is 24.7 Å². The van der Waals surface area contributed by atoms with E-state index in [1.807, 2.05) is 12.1 Å². The summed E-state index contributed by atoms with van der Waals surface area (Å²) in [6, 6.07) is 24.1. The predicted octanol–water partition coefficient (Wildman–Crippen LogP) is 4.85. The number of rotatable bonds is 5. The summed E-state index contributed by atoms with van der Waals surface area (Å²) in [4.78, 5) is 0.372. The third kappa shape index (κ3) is 4.18. The monoisotopic (exact) mass is 350 g/mol. The molecule has 0 fully saturated rings. The molecule has 0 spiro atoms. The first-order chi connectivity index (χ1) is 11.9. The van der Waals surface area contributed by atoms with Crippen LogP contribution in [-0.2, 0) is 22.7 Å². The van der Waals surface area contributed by atoms with Gasteiger partial charge in [0.1, 0.15) is 0 Å². The fourth-order valence-electron chi connectivity index (χ4n) is 3.06. The highest BCUT2D eigenvalue weighted by atomic mass is 32.2. The molecule has 0 heterocycles. The molecule has 3 rings (SSSR count). The summed E-state index contributed by atoms with van der Waals surface area (Å²) in [5.41, 5.74) is 6.27. The van der Waals surface area contributed by atoms with Gasteiger partial charge in [-0.2, -0.15) is 0 Å². The van der Waals surface area contributed by atoms with E-state index >= 15 is 0 Å². The first-order valence-corrected chi connectivity index (χ1v) is 10.3. The second-order valence-corrected chi connectivity index (χ2v) is 8.40. The Hall–Kier alpha value is -2.39. The van der Waals surface area contributed by atoms with Crippen LogP contribution in [0.3, 0.4) is 0 Å². The van der Waals surface area contributed by atoms with Crippen LogP contribution in [0.15, 0.2) is 77.7 Å². The minimum atomic E-state index is -3.13. The van der Waals surface area contributed by atoms with Crippen molar-refractivity contribution in [2.75, 3.05) is 6.26 Å². The highest BCUT2D eigenvalue weighted by Gasteiger charge is 2.09. The van der Waals surface area contributed by atoms with E-state index < -0.39 is 9.84 Å². The molecular weight excluding hydrogens is 328 g/mol. The van der Waals surface area contributed by atoms with Gasteiger partial charge >= 0.3 is 0 Å². The largest absolute Gasteiger partial charge is 0.224 e. The summed E-state index contributed by atoms with van der Waals surface area (Å²) < 4.78 is 23.1. The molecule has 3 aromatic carbocycles. The van der Waals surface area contributed by atoms with Gasteiger partial charge in [-0.3, -0.25) is 0 Å². The van der Waals surface area contributed by atoms with Gasteiger partial charge in [0.25, 0.3) is 0 Å². The van der Waals surface area contributed by atoms with Crippen molar-refractivity contribution >= 4 is 9.84 Å². The maximum atomic E-state index is 11.6. The van der Waals surface area contributed by atoms with E-state index in [9.17, 15) is 8.42 Å². The van der Waals surface area contributed by atoms with Crippen LogP contribution in [-0.4, -0.2) is 14.7 Å². The number of hydrogen-bond acceptors (Lipinski definition) is 2. The maximum absolute atomic E-state index is 11.6. The summed E-state index contributed by atoms with van der Waals surface area (Å²) in [6.45, 7) is 2.13. The zero-order chi connectivity index (χ0) is 17.9. The van der Waals surface area contributed by atoms with E-state index in [0.717, 1.165) is 18.4 Å². The van der Waals surface area contributed by atoms with Gasteiger partial charge < -0.3 is 0 Å². The molecule has 0 aliphatic heterocycles. The highest BCUT2D eigenvalue weighted by molar-refractivity contribution is 7.90. The van der Waals surface area contributed by atoms with Gasteiger partial charge in [-0.25, -0.2) is 8.42 Å². The third-order valence-corrected chi connectivity index (χ3v) is 5.62. The van der Waals surface area contributed by atoms with E-state index in [1.165, 1.54) is 28.5 Å². The fraction of sp³-hybridized carbons (Fsp3) is 0.182. The minimum absolute atomic E-state index is 0.372. The van der Waals surface area contributed by atoms with Crippen LogP contribution in [0, 0.1) is 6.92 Å². The van der Waals surface area contributed by atoms with Crippen molar-refractivity contribution in [3.63, 3.8) is 0 Å². The first kappa shape index (κ1) is 17.4. The lowest BCUT2D eigenvalue weighted by molar-refractivity contribution is 0.602. The van der Waals surface area contributed by atoms with Crippen molar-refractivity contribution < 1.29 is 8.42 Å². The summed E-state index contributed by atoms with van der Waals surface area (Å²) in [6.07, 6.45) is 3.04. The van der Waals surface area contributed by atoms with Crippen LogP contribution in [0.4, 0.5) is 0 Å². The molecule has 2 nitrogen and oxygen atoms in total. The second-order valence-electron chi connectivity index (χ2n) is 6.39. The Morgan fingerprint density at radius 2 is 1.32 bits per heavy atom. The lowest BCUT2D eigenvalue weighted by Gasteiger charge is -2.12. The van der Waals surface area contributed by atoms with Crippen LogP contribution in [0.5, 0.6) is 0 Å². The van der Waals surface area contributed by atoms with Crippen molar-refractivity contribution in [1.82, 2.24) is 0 Å². The van der Waals surface area contributed by atoms with Crippen molar-refractivity contribution in [3.8, 4) is 11.1 Å². The van der Waals surface area contributed by atoms with E-state index in [2.05, 4.69) is 55.5 Å². The molecule has 0 saturated carbocycles. The third-order valence-electron chi connectivity index (χ3n) is 4.49. The maximum Gasteiger partial charge on any atom is 0.175 e. The van der Waals surface area contributed by atoms with Crippen LogP contribution in [0.25, 0.3) is 11.1 Å². The lowest BCUT2D eigenvalue weighted by atomic mass is 9.93. The molecule has 0 aliphatic carbocycles. The number of aryl methyl sites for hydroxylation is 3. The molecule has 0 bridgehead atoms. The smallest absolute Gasteiger partial charge is 0.175 e. The topological polar surface area (TPSA) is 34.1 Å². The van der Waals surface area contributed by atoms with Gasteiger partial charge in [0.15, 0.2) is 9.84 Å². The van der Waals surface area contributed by atoms with Crippen LogP contribution in [0.1, 0.15) is 16.7 Å². The predicted molar refractivity (Wildman–Crippen MR) is 104 cm³/mol. The van der Waals surface area contributed by atoms with Crippen LogP contribution >= 0.6 is 0 Å². The molecule has 128 valence electrons. The molecule has 3 aromatic rings. The molecule has 0 aromatic heterocycles. The zero-order valence-corrected chi connectivity index (χ0v) is 15.4. The normalized spacial score (nSPS) is 11.4. The molecule has 0 unspecified atom stereocenters. The average Bonchev–Trinajstić information content (AvgIpc) is 2.60. The highest BCUT2D eigenvalue weighted by Crippen LogP contribution is 2.27. The first-order valence-electron chi connectivity index (χ1n) is 8.38. The molecule has 0 N–H and O–H groups in total. The molecular formula is C22H22O2S. The molecule has 0 radical (unpaired) electrons. The lowest BCUT2D eigenvalue weighted by Crippen LogP contribution is -1.98. The Labute approximate surface area is 150 Å². The molecule has 0 amide bonds. The summed E-state index contributed by atoms with van der Waals surface area (Å²) in [7, 11) is -3.13. The second kappa shape index (κ2) is 7.24. The van der Waals surface area contributed by atoms with E-state index in [4.69, 9.17) is 0 Å². The van der Waals surface area contributed by atoms with Crippen molar-refractivity contribution in [1.29, 1.82) is 0 Å². The van der Waals surface area contributed by atoms with E-state index in [1.54, 1.807) is 12.1 Å². The van der Waals surface area contributed by atoms with Crippen molar-refractivity contribution in [3.05, 3.63) is 89.5 Å². The Morgan fingerprint density at radius 1 is 0.720 bits per heavy atom. The van der Waals surface area contributed by atoms with Gasteiger partial charge in [0.05, 0.1) is 4.90 Å². The summed E-state index contributed by atoms with van der Waals surface area (Å²) in [5, 5.41) is 0. The van der Waals surface area contributed by atoms with Crippen LogP contribution < -0.4 is 0 Å². The van der Waals surface area contributed by atoms with E-state index in [-0.39, 0.29) is 0 Å². The van der Waals surface area contributed by atoms with Crippen LogP contribution in [0.2, 0.25) is 0 Å². The SMILES string of the molecule is Cc1ccccc1-c1ccccc1CCc1ccc(S(C)(=O)=O)cc1. The Bertz CT molecular complexity index is 971. The Balaban J connectivity index is 1.82. The van der Waals surface area contributed by atoms with Gasteiger partial charge in [-0.15, -0.1) is 0 Å². The molecule has 0 aliphatic rings. The molecule has 0 atom stereocenters. The number of benzene rings is 3. The van der Waals surface area contributed by atoms with Gasteiger partial charge in [-0.05, 0) is 59.7 Å². The van der Waals surface area contributed by atoms with E-state index in [0.29, 0.717) is 4.90 Å². The van der Waals surface area contributed by atoms with Gasteiger partial charge in [-0.1, -0.05) is 60.7 Å². The average molecular weight is 350 g/mol. The van der Waals surface area contributed by atoms with Gasteiger partial charge in [0.2, 0.25) is 0 Å². The number of sulfone groups is 1. The standard InChI is InChI=1S/C22H22O2S/c1-17-7-3-5-9-21(17)22-10-6-4-8-19(22)14-11-18-12-15-20(16-13-18)25(2,23)24/h3-10,12-13,15-16H,11,14H2,1-2H3. The summed E-state index contributed by atoms with van der Waals surface area (Å²) >= 11 is 0.